The van der Waals surface area contributed by atoms with Crippen LogP contribution < -0.4 is 5.32 Å². The summed E-state index contributed by atoms with van der Waals surface area (Å²) >= 11 is 0. The van der Waals surface area contributed by atoms with Crippen LogP contribution in [0.3, 0.4) is 0 Å². The van der Waals surface area contributed by atoms with Crippen molar-refractivity contribution in [1.29, 1.82) is 5.26 Å². The van der Waals surface area contributed by atoms with Gasteiger partial charge in [-0.3, -0.25) is 14.5 Å². The van der Waals surface area contributed by atoms with Crippen LogP contribution in [0.2, 0.25) is 0 Å². The number of nitrogens with zero attached hydrogens (tertiary/aromatic N) is 4. The minimum atomic E-state index is -1.84. The lowest BCUT2D eigenvalue weighted by Gasteiger charge is -2.42. The smallest absolute Gasteiger partial charge is 0.464 e. The number of benzene rings is 1. The van der Waals surface area contributed by atoms with Crippen molar-refractivity contribution in [3.63, 3.8) is 0 Å². The third-order valence-electron chi connectivity index (χ3n) is 8.10. The van der Waals surface area contributed by atoms with Crippen molar-refractivity contribution in [2.24, 2.45) is 0 Å². The number of piperazine rings is 1. The van der Waals surface area contributed by atoms with Crippen molar-refractivity contribution in [2.75, 3.05) is 39.3 Å². The van der Waals surface area contributed by atoms with Crippen LogP contribution in [0.15, 0.2) is 46.6 Å². The first-order chi connectivity index (χ1) is 20.0. The average Bonchev–Trinajstić information content (AvgIpc) is 3.61. The molecule has 3 amide bonds. The number of hydrogen-bond acceptors (Lipinski definition) is 9. The van der Waals surface area contributed by atoms with E-state index >= 15 is 0 Å². The number of fused-ring (bicyclic) bond motifs is 1. The third kappa shape index (κ3) is 7.31. The molecule has 2 aromatic rings. The van der Waals surface area contributed by atoms with E-state index < -0.39 is 36.6 Å². The van der Waals surface area contributed by atoms with Gasteiger partial charge in [-0.25, -0.2) is 4.79 Å². The SMILES string of the molecule is CC(=O)N1CCN(C(C)(C)/C=C(\C#N)C(=O)N2CCC[C@@H]2COC(=O)N[C@@H](Cc2coc3ccccc23)B(O)O)CC1. The van der Waals surface area contributed by atoms with E-state index in [1.54, 1.807) is 28.9 Å². The fraction of sp³-hybridized carbons (Fsp3) is 0.517. The molecule has 2 atom stereocenters. The molecule has 2 saturated heterocycles. The van der Waals surface area contributed by atoms with Gasteiger partial charge in [0.1, 0.15) is 23.8 Å². The van der Waals surface area contributed by atoms with Gasteiger partial charge in [-0.2, -0.15) is 5.26 Å². The molecule has 1 aromatic heterocycles. The monoisotopic (exact) mass is 579 g/mol. The Hall–Kier alpha value is -3.86. The molecule has 0 aliphatic carbocycles. The topological polar surface area (TPSA) is 160 Å². The van der Waals surface area contributed by atoms with Gasteiger partial charge >= 0.3 is 13.2 Å². The maximum absolute atomic E-state index is 13.4. The highest BCUT2D eigenvalue weighted by molar-refractivity contribution is 6.43. The quantitative estimate of drug-likeness (QED) is 0.227. The molecule has 0 radical (unpaired) electrons. The van der Waals surface area contributed by atoms with E-state index in [-0.39, 0.29) is 24.5 Å². The van der Waals surface area contributed by atoms with Gasteiger partial charge in [-0.1, -0.05) is 18.2 Å². The first-order valence-electron chi connectivity index (χ1n) is 14.2. The van der Waals surface area contributed by atoms with Crippen molar-refractivity contribution in [1.82, 2.24) is 20.0 Å². The molecular weight excluding hydrogens is 541 g/mol. The largest absolute Gasteiger partial charge is 0.475 e. The number of carbonyl (C=O) groups is 3. The van der Waals surface area contributed by atoms with Crippen molar-refractivity contribution in [3.05, 3.63) is 47.7 Å². The third-order valence-corrected chi connectivity index (χ3v) is 8.10. The van der Waals surface area contributed by atoms with Crippen LogP contribution in [0.5, 0.6) is 0 Å². The Kier molecular flexibility index (Phi) is 9.93. The van der Waals surface area contributed by atoms with Crippen LogP contribution in [0.25, 0.3) is 11.0 Å². The van der Waals surface area contributed by atoms with Gasteiger partial charge in [0.25, 0.3) is 5.91 Å². The van der Waals surface area contributed by atoms with Crippen LogP contribution in [-0.4, -0.2) is 107 Å². The van der Waals surface area contributed by atoms with Gasteiger partial charge in [-0.15, -0.1) is 0 Å². The normalized spacial score (nSPS) is 19.0. The van der Waals surface area contributed by atoms with Crippen molar-refractivity contribution < 1.29 is 33.6 Å². The summed E-state index contributed by atoms with van der Waals surface area (Å²) in [6.45, 7) is 8.18. The van der Waals surface area contributed by atoms with Crippen LogP contribution in [0.4, 0.5) is 4.79 Å². The number of alkyl carbamates (subject to hydrolysis) is 1. The molecule has 2 aliphatic heterocycles. The Bertz CT molecular complexity index is 1360. The standard InChI is InChI=1S/C29H38BN5O7/c1-20(36)33-11-13-34(14-12-33)29(2,3)16-22(17-31)27(37)35-10-6-7-23(35)19-42-28(38)32-26(30(39)40)15-21-18-41-25-9-5-4-8-24(21)25/h4-5,8-9,16,18,23,26,39-40H,6-7,10-15,19H2,1-3H3,(H,32,38)/b22-16+/t23-,26+/m1/s1. The summed E-state index contributed by atoms with van der Waals surface area (Å²) in [7, 11) is -1.84. The predicted octanol–water partition coefficient (Wildman–Crippen LogP) is 1.47. The van der Waals surface area contributed by atoms with E-state index in [9.17, 15) is 29.7 Å². The molecule has 0 bridgehead atoms. The summed E-state index contributed by atoms with van der Waals surface area (Å²) in [5.41, 5.74) is 0.782. The van der Waals surface area contributed by atoms with Crippen LogP contribution >= 0.6 is 0 Å². The maximum Gasteiger partial charge on any atom is 0.475 e. The minimum absolute atomic E-state index is 0.0150. The summed E-state index contributed by atoms with van der Waals surface area (Å²) in [5.74, 6) is -1.44. The Balaban J connectivity index is 1.34. The number of nitriles is 1. The highest BCUT2D eigenvalue weighted by Crippen LogP contribution is 2.25. The number of hydrogen-bond donors (Lipinski definition) is 3. The number of nitrogens with one attached hydrogen (secondary N) is 1. The lowest BCUT2D eigenvalue weighted by atomic mass is 9.76. The Morgan fingerprint density at radius 3 is 2.60 bits per heavy atom. The molecule has 0 unspecified atom stereocenters. The van der Waals surface area contributed by atoms with Gasteiger partial charge in [0, 0.05) is 50.6 Å². The van der Waals surface area contributed by atoms with Crippen molar-refractivity contribution >= 4 is 36.0 Å². The molecular formula is C29H38BN5O7. The zero-order valence-electron chi connectivity index (χ0n) is 24.3. The molecule has 3 N–H and O–H groups in total. The molecule has 42 heavy (non-hydrogen) atoms. The second-order valence-electron chi connectivity index (χ2n) is 11.3. The van der Waals surface area contributed by atoms with E-state index in [1.165, 1.54) is 6.26 Å². The van der Waals surface area contributed by atoms with Crippen molar-refractivity contribution in [2.45, 2.75) is 57.6 Å². The second kappa shape index (κ2) is 13.4. The highest BCUT2D eigenvalue weighted by Gasteiger charge is 2.35. The fourth-order valence-corrected chi connectivity index (χ4v) is 5.64. The fourth-order valence-electron chi connectivity index (χ4n) is 5.64. The number of amides is 3. The zero-order chi connectivity index (χ0) is 30.4. The van der Waals surface area contributed by atoms with Crippen LogP contribution in [0.1, 0.15) is 39.2 Å². The van der Waals surface area contributed by atoms with E-state index in [1.807, 2.05) is 32.0 Å². The molecule has 4 rings (SSSR count). The van der Waals surface area contributed by atoms with Gasteiger partial charge in [0.05, 0.1) is 18.2 Å². The summed E-state index contributed by atoms with van der Waals surface area (Å²) in [5, 5.41) is 32.9. The summed E-state index contributed by atoms with van der Waals surface area (Å²) in [6.07, 6.45) is 3.75. The number of likely N-dealkylation sites (tertiary alicyclic amines) is 1. The Morgan fingerprint density at radius 2 is 1.93 bits per heavy atom. The summed E-state index contributed by atoms with van der Waals surface area (Å²) in [6, 6.07) is 8.95. The predicted molar refractivity (Wildman–Crippen MR) is 155 cm³/mol. The lowest BCUT2D eigenvalue weighted by Crippen LogP contribution is -2.55. The van der Waals surface area contributed by atoms with Gasteiger partial charge in [0.2, 0.25) is 5.91 Å². The van der Waals surface area contributed by atoms with E-state index in [4.69, 9.17) is 9.15 Å². The van der Waals surface area contributed by atoms with Crippen LogP contribution in [-0.2, 0) is 20.7 Å². The first-order valence-corrected chi connectivity index (χ1v) is 14.2. The van der Waals surface area contributed by atoms with E-state index in [0.717, 1.165) is 5.39 Å². The Labute approximate surface area is 245 Å². The number of carbonyl (C=O) groups excluding carboxylic acids is 3. The summed E-state index contributed by atoms with van der Waals surface area (Å²) in [4.78, 5) is 43.2. The lowest BCUT2D eigenvalue weighted by molar-refractivity contribution is -0.131. The number of ether oxygens (including phenoxy) is 1. The van der Waals surface area contributed by atoms with Gasteiger partial charge in [-0.05, 0) is 50.8 Å². The van der Waals surface area contributed by atoms with E-state index in [0.29, 0.717) is 56.7 Å². The number of furan rings is 1. The molecule has 3 heterocycles. The molecule has 0 spiro atoms. The van der Waals surface area contributed by atoms with Gasteiger partial charge < -0.3 is 34.3 Å². The second-order valence-corrected chi connectivity index (χ2v) is 11.3. The molecule has 0 saturated carbocycles. The summed E-state index contributed by atoms with van der Waals surface area (Å²) < 4.78 is 10.9. The first kappa shape index (κ1) is 31.1. The van der Waals surface area contributed by atoms with Crippen LogP contribution in [0, 0.1) is 11.3 Å². The molecule has 13 heteroatoms. The Morgan fingerprint density at radius 1 is 1.21 bits per heavy atom. The molecule has 1 aromatic carbocycles. The molecule has 2 fully saturated rings. The highest BCUT2D eigenvalue weighted by atomic mass is 16.5. The zero-order valence-corrected chi connectivity index (χ0v) is 24.3. The molecule has 2 aliphatic rings. The van der Waals surface area contributed by atoms with Crippen molar-refractivity contribution in [3.8, 4) is 6.07 Å². The maximum atomic E-state index is 13.4. The van der Waals surface area contributed by atoms with E-state index in [2.05, 4.69) is 16.3 Å². The molecule has 224 valence electrons. The minimum Gasteiger partial charge on any atom is -0.464 e. The van der Waals surface area contributed by atoms with Gasteiger partial charge in [0.15, 0.2) is 0 Å². The number of para-hydroxylation sites is 1. The average molecular weight is 579 g/mol. The number of rotatable bonds is 9. The molecule has 12 nitrogen and oxygen atoms in total.